The number of rotatable bonds is 4. The summed E-state index contributed by atoms with van der Waals surface area (Å²) in [6.45, 7) is 2.83. The lowest BCUT2D eigenvalue weighted by Crippen LogP contribution is -2.40. The molecule has 1 unspecified atom stereocenters. The molecule has 0 aromatic heterocycles. The predicted octanol–water partition coefficient (Wildman–Crippen LogP) is 3.07. The molecule has 0 N–H and O–H groups in total. The maximum atomic E-state index is 13.6. The molecule has 0 radical (unpaired) electrons. The van der Waals surface area contributed by atoms with Crippen molar-refractivity contribution in [3.8, 4) is 5.75 Å². The second kappa shape index (κ2) is 8.91. The molecule has 0 spiro atoms. The standard InChI is InChI=1S/C23H25F2N3O3/c1-31-21-5-3-19(4-6-21)26-7-2-8-27(10-9-26)23(30)16-11-22(29)28(15-16)20-13-17(24)12-18(25)14-20/h3-6,12-14,16H,2,7-11,15H2,1H3. The third kappa shape index (κ3) is 4.62. The average molecular weight is 429 g/mol. The molecule has 0 aliphatic carbocycles. The smallest absolute Gasteiger partial charge is 0.228 e. The molecule has 0 bridgehead atoms. The lowest BCUT2D eigenvalue weighted by molar-refractivity contribution is -0.135. The number of amides is 2. The molecule has 2 aromatic carbocycles. The van der Waals surface area contributed by atoms with Gasteiger partial charge in [-0.25, -0.2) is 8.78 Å². The van der Waals surface area contributed by atoms with Crippen molar-refractivity contribution >= 4 is 23.2 Å². The number of nitrogens with zero attached hydrogens (tertiary/aromatic N) is 3. The monoisotopic (exact) mass is 429 g/mol. The minimum absolute atomic E-state index is 0.0512. The second-order valence-electron chi connectivity index (χ2n) is 7.90. The van der Waals surface area contributed by atoms with Crippen LogP contribution in [0, 0.1) is 17.6 Å². The number of methoxy groups -OCH3 is 1. The first-order valence-corrected chi connectivity index (χ1v) is 10.4. The molecule has 4 rings (SSSR count). The summed E-state index contributed by atoms with van der Waals surface area (Å²) in [6.07, 6.45) is 0.868. The van der Waals surface area contributed by atoms with Crippen molar-refractivity contribution in [1.29, 1.82) is 0 Å². The van der Waals surface area contributed by atoms with Crippen LogP contribution in [0.2, 0.25) is 0 Å². The molecule has 0 saturated carbocycles. The molecule has 164 valence electrons. The van der Waals surface area contributed by atoms with Crippen molar-refractivity contribution in [3.05, 3.63) is 54.1 Å². The summed E-state index contributed by atoms with van der Waals surface area (Å²) >= 11 is 0. The Hall–Kier alpha value is -3.16. The third-order valence-corrected chi connectivity index (χ3v) is 5.88. The molecule has 2 saturated heterocycles. The van der Waals surface area contributed by atoms with Crippen molar-refractivity contribution < 1.29 is 23.1 Å². The maximum absolute atomic E-state index is 13.6. The summed E-state index contributed by atoms with van der Waals surface area (Å²) in [7, 11) is 1.63. The molecule has 31 heavy (non-hydrogen) atoms. The molecule has 1 atom stereocenters. The Labute approximate surface area is 180 Å². The van der Waals surface area contributed by atoms with Crippen LogP contribution < -0.4 is 14.5 Å². The van der Waals surface area contributed by atoms with Crippen LogP contribution in [0.25, 0.3) is 0 Å². The van der Waals surface area contributed by atoms with E-state index in [4.69, 9.17) is 4.74 Å². The van der Waals surface area contributed by atoms with Gasteiger partial charge in [-0.1, -0.05) is 0 Å². The Morgan fingerprint density at radius 3 is 2.35 bits per heavy atom. The summed E-state index contributed by atoms with van der Waals surface area (Å²) < 4.78 is 32.3. The zero-order valence-corrected chi connectivity index (χ0v) is 17.4. The van der Waals surface area contributed by atoms with Gasteiger partial charge in [0.15, 0.2) is 0 Å². The van der Waals surface area contributed by atoms with Gasteiger partial charge in [-0.05, 0) is 42.8 Å². The number of carbonyl (C=O) groups is 2. The summed E-state index contributed by atoms with van der Waals surface area (Å²) in [5.74, 6) is -1.58. The summed E-state index contributed by atoms with van der Waals surface area (Å²) in [6, 6.07) is 10.8. The van der Waals surface area contributed by atoms with Crippen molar-refractivity contribution in [1.82, 2.24) is 4.90 Å². The molecule has 2 aliphatic rings. The summed E-state index contributed by atoms with van der Waals surface area (Å²) in [4.78, 5) is 30.9. The van der Waals surface area contributed by atoms with Gasteiger partial charge in [0.1, 0.15) is 17.4 Å². The third-order valence-electron chi connectivity index (χ3n) is 5.88. The van der Waals surface area contributed by atoms with Gasteiger partial charge in [0.05, 0.1) is 13.0 Å². The molecule has 2 aromatic rings. The van der Waals surface area contributed by atoms with Crippen LogP contribution in [0.15, 0.2) is 42.5 Å². The van der Waals surface area contributed by atoms with E-state index < -0.39 is 17.6 Å². The van der Waals surface area contributed by atoms with E-state index in [9.17, 15) is 18.4 Å². The van der Waals surface area contributed by atoms with Crippen molar-refractivity contribution in [2.24, 2.45) is 5.92 Å². The van der Waals surface area contributed by atoms with Gasteiger partial charge in [0.25, 0.3) is 0 Å². The Balaban J connectivity index is 1.39. The normalized spacial score (nSPS) is 19.5. The molecular formula is C23H25F2N3O3. The first-order valence-electron chi connectivity index (χ1n) is 10.4. The molecule has 2 amide bonds. The highest BCUT2D eigenvalue weighted by Crippen LogP contribution is 2.28. The van der Waals surface area contributed by atoms with E-state index in [0.29, 0.717) is 19.6 Å². The van der Waals surface area contributed by atoms with Crippen molar-refractivity contribution in [3.63, 3.8) is 0 Å². The maximum Gasteiger partial charge on any atom is 0.228 e. The van der Waals surface area contributed by atoms with Crippen LogP contribution in [0.4, 0.5) is 20.2 Å². The zero-order valence-electron chi connectivity index (χ0n) is 17.4. The predicted molar refractivity (Wildman–Crippen MR) is 113 cm³/mol. The fourth-order valence-corrected chi connectivity index (χ4v) is 4.26. The zero-order chi connectivity index (χ0) is 22.0. The molecule has 8 heteroatoms. The van der Waals surface area contributed by atoms with Crippen LogP contribution in [0.5, 0.6) is 5.75 Å². The van der Waals surface area contributed by atoms with Gasteiger partial charge in [-0.3, -0.25) is 9.59 Å². The second-order valence-corrected chi connectivity index (χ2v) is 7.90. The Kier molecular flexibility index (Phi) is 6.06. The summed E-state index contributed by atoms with van der Waals surface area (Å²) in [5, 5.41) is 0. The van der Waals surface area contributed by atoms with Crippen LogP contribution in [-0.4, -0.2) is 56.5 Å². The largest absolute Gasteiger partial charge is 0.497 e. The Morgan fingerprint density at radius 1 is 0.968 bits per heavy atom. The Morgan fingerprint density at radius 2 is 1.68 bits per heavy atom. The number of carbonyl (C=O) groups excluding carboxylic acids is 2. The Bertz CT molecular complexity index is 947. The minimum atomic E-state index is -0.747. The highest BCUT2D eigenvalue weighted by Gasteiger charge is 2.37. The number of ether oxygens (including phenoxy) is 1. The first kappa shape index (κ1) is 21.1. The number of hydrogen-bond acceptors (Lipinski definition) is 4. The van der Waals surface area contributed by atoms with E-state index >= 15 is 0 Å². The van der Waals surface area contributed by atoms with Gasteiger partial charge in [-0.2, -0.15) is 0 Å². The van der Waals surface area contributed by atoms with E-state index in [1.165, 1.54) is 4.90 Å². The number of hydrogen-bond donors (Lipinski definition) is 0. The van der Waals surface area contributed by atoms with Gasteiger partial charge >= 0.3 is 0 Å². The van der Waals surface area contributed by atoms with E-state index in [1.54, 1.807) is 12.0 Å². The SMILES string of the molecule is COc1ccc(N2CCCN(C(=O)C3CC(=O)N(c4cc(F)cc(F)c4)C3)CC2)cc1. The fourth-order valence-electron chi connectivity index (χ4n) is 4.26. The molecular weight excluding hydrogens is 404 g/mol. The number of benzene rings is 2. The number of anilines is 2. The topological polar surface area (TPSA) is 53.1 Å². The minimum Gasteiger partial charge on any atom is -0.497 e. The van der Waals surface area contributed by atoms with Crippen molar-refractivity contribution in [2.45, 2.75) is 12.8 Å². The molecule has 6 nitrogen and oxygen atoms in total. The van der Waals surface area contributed by atoms with Crippen LogP contribution in [0.3, 0.4) is 0 Å². The van der Waals surface area contributed by atoms with Crippen molar-refractivity contribution in [2.75, 3.05) is 49.6 Å². The van der Waals surface area contributed by atoms with Crippen LogP contribution >= 0.6 is 0 Å². The highest BCUT2D eigenvalue weighted by molar-refractivity contribution is 6.00. The molecule has 2 heterocycles. The van der Waals surface area contributed by atoms with Crippen LogP contribution in [0.1, 0.15) is 12.8 Å². The van der Waals surface area contributed by atoms with Gasteiger partial charge in [-0.15, -0.1) is 0 Å². The number of halogens is 2. The van der Waals surface area contributed by atoms with Crippen LogP contribution in [-0.2, 0) is 9.59 Å². The fraction of sp³-hybridized carbons (Fsp3) is 0.391. The van der Waals surface area contributed by atoms with E-state index in [-0.39, 0.29) is 30.5 Å². The van der Waals surface area contributed by atoms with Gasteiger partial charge in [0, 0.05) is 56.6 Å². The van der Waals surface area contributed by atoms with E-state index in [1.807, 2.05) is 24.3 Å². The lowest BCUT2D eigenvalue weighted by atomic mass is 10.1. The lowest BCUT2D eigenvalue weighted by Gasteiger charge is -2.25. The van der Waals surface area contributed by atoms with Gasteiger partial charge in [0.2, 0.25) is 11.8 Å². The van der Waals surface area contributed by atoms with Gasteiger partial charge < -0.3 is 19.4 Å². The molecule has 2 aliphatic heterocycles. The highest BCUT2D eigenvalue weighted by atomic mass is 19.1. The quantitative estimate of drug-likeness (QED) is 0.750. The average Bonchev–Trinajstić information content (AvgIpc) is 2.98. The van der Waals surface area contributed by atoms with E-state index in [0.717, 1.165) is 42.6 Å². The first-order chi connectivity index (χ1) is 14.9. The molecule has 2 fully saturated rings. The summed E-state index contributed by atoms with van der Waals surface area (Å²) in [5.41, 5.74) is 1.23. The van der Waals surface area contributed by atoms with E-state index in [2.05, 4.69) is 4.90 Å².